The molecule has 2 fully saturated rings. The Morgan fingerprint density at radius 1 is 1.12 bits per heavy atom. The Labute approximate surface area is 148 Å². The predicted octanol–water partition coefficient (Wildman–Crippen LogP) is 2.78. The van der Waals surface area contributed by atoms with Gasteiger partial charge in [0.1, 0.15) is 6.33 Å². The number of aryl methyl sites for hydroxylation is 1. The summed E-state index contributed by atoms with van der Waals surface area (Å²) in [6, 6.07) is 0.388. The molecular formula is C18H28FN5O. The Balaban J connectivity index is 1.48. The molecule has 25 heavy (non-hydrogen) atoms. The highest BCUT2D eigenvalue weighted by atomic mass is 19.1. The van der Waals surface area contributed by atoms with Crippen molar-refractivity contribution in [1.29, 1.82) is 0 Å². The molecule has 138 valence electrons. The van der Waals surface area contributed by atoms with E-state index < -0.39 is 0 Å². The molecule has 1 aromatic rings. The van der Waals surface area contributed by atoms with E-state index in [-0.39, 0.29) is 17.9 Å². The molecule has 0 bridgehead atoms. The standard InChI is InChI=1S/C18H28FN5O/c1-2-15-16(19)17(21-12-20-15)24-10-8-14(9-11-24)23-18(25)22-13-6-4-3-5-7-13/h12-14H,2-11H2,1H3,(H2,22,23,25). The highest BCUT2D eigenvalue weighted by Gasteiger charge is 2.25. The smallest absolute Gasteiger partial charge is 0.315 e. The number of aromatic nitrogens is 2. The number of carbonyl (C=O) groups excluding carboxylic acids is 1. The second-order valence-electron chi connectivity index (χ2n) is 7.03. The molecule has 1 saturated heterocycles. The third-order valence-corrected chi connectivity index (χ3v) is 5.25. The summed E-state index contributed by atoms with van der Waals surface area (Å²) in [7, 11) is 0. The minimum absolute atomic E-state index is 0.0631. The Morgan fingerprint density at radius 2 is 1.76 bits per heavy atom. The van der Waals surface area contributed by atoms with E-state index in [0.29, 0.717) is 37.1 Å². The van der Waals surface area contributed by atoms with E-state index in [0.717, 1.165) is 25.7 Å². The van der Waals surface area contributed by atoms with Crippen LogP contribution in [-0.4, -0.2) is 41.2 Å². The molecule has 0 unspecified atom stereocenters. The number of nitrogens with one attached hydrogen (secondary N) is 2. The van der Waals surface area contributed by atoms with Gasteiger partial charge >= 0.3 is 6.03 Å². The number of rotatable bonds is 4. The van der Waals surface area contributed by atoms with E-state index >= 15 is 0 Å². The van der Waals surface area contributed by atoms with Crippen molar-refractivity contribution in [3.8, 4) is 0 Å². The van der Waals surface area contributed by atoms with Crippen molar-refractivity contribution in [3.63, 3.8) is 0 Å². The molecule has 3 rings (SSSR count). The van der Waals surface area contributed by atoms with Crippen LogP contribution < -0.4 is 15.5 Å². The fourth-order valence-electron chi connectivity index (χ4n) is 3.76. The van der Waals surface area contributed by atoms with Gasteiger partial charge in [-0.1, -0.05) is 26.2 Å². The number of anilines is 1. The van der Waals surface area contributed by atoms with Gasteiger partial charge in [0, 0.05) is 25.2 Å². The van der Waals surface area contributed by atoms with Gasteiger partial charge in [-0.05, 0) is 32.1 Å². The molecule has 2 N–H and O–H groups in total. The number of hydrogen-bond acceptors (Lipinski definition) is 4. The second-order valence-corrected chi connectivity index (χ2v) is 7.03. The van der Waals surface area contributed by atoms with Crippen LogP contribution in [0, 0.1) is 5.82 Å². The average molecular weight is 349 g/mol. The van der Waals surface area contributed by atoms with Crippen molar-refractivity contribution in [2.45, 2.75) is 70.4 Å². The Morgan fingerprint density at radius 3 is 2.40 bits per heavy atom. The molecule has 2 aliphatic rings. The second kappa shape index (κ2) is 8.45. The summed E-state index contributed by atoms with van der Waals surface area (Å²) < 4.78 is 14.4. The number of piperidine rings is 1. The molecule has 0 spiro atoms. The van der Waals surface area contributed by atoms with Crippen molar-refractivity contribution in [2.75, 3.05) is 18.0 Å². The van der Waals surface area contributed by atoms with E-state index in [4.69, 9.17) is 0 Å². The fourth-order valence-corrected chi connectivity index (χ4v) is 3.76. The molecular weight excluding hydrogens is 321 g/mol. The maximum Gasteiger partial charge on any atom is 0.315 e. The van der Waals surface area contributed by atoms with Crippen LogP contribution in [0.4, 0.5) is 15.0 Å². The first-order chi connectivity index (χ1) is 12.2. The maximum absolute atomic E-state index is 14.4. The molecule has 1 aliphatic carbocycles. The molecule has 7 heteroatoms. The number of halogens is 1. The van der Waals surface area contributed by atoms with Gasteiger partial charge < -0.3 is 15.5 Å². The molecule has 0 radical (unpaired) electrons. The van der Waals surface area contributed by atoms with Gasteiger partial charge in [0.15, 0.2) is 11.6 Å². The van der Waals surface area contributed by atoms with Gasteiger partial charge in [-0.25, -0.2) is 19.2 Å². The zero-order valence-electron chi connectivity index (χ0n) is 14.9. The number of carbonyl (C=O) groups is 1. The fraction of sp³-hybridized carbons (Fsp3) is 0.722. The predicted molar refractivity (Wildman–Crippen MR) is 95.1 cm³/mol. The highest BCUT2D eigenvalue weighted by Crippen LogP contribution is 2.22. The zero-order chi connectivity index (χ0) is 17.6. The Hall–Kier alpha value is -1.92. The van der Waals surface area contributed by atoms with Gasteiger partial charge in [-0.2, -0.15) is 0 Å². The summed E-state index contributed by atoms with van der Waals surface area (Å²) in [5.74, 6) is 0.0726. The molecule has 6 nitrogen and oxygen atoms in total. The van der Waals surface area contributed by atoms with Crippen molar-refractivity contribution in [1.82, 2.24) is 20.6 Å². The summed E-state index contributed by atoms with van der Waals surface area (Å²) >= 11 is 0. The van der Waals surface area contributed by atoms with Gasteiger partial charge in [0.05, 0.1) is 5.69 Å². The molecule has 1 saturated carbocycles. The van der Waals surface area contributed by atoms with Crippen LogP contribution in [0.1, 0.15) is 57.6 Å². The van der Waals surface area contributed by atoms with Crippen LogP contribution in [0.5, 0.6) is 0 Å². The van der Waals surface area contributed by atoms with Crippen LogP contribution in [0.15, 0.2) is 6.33 Å². The SMILES string of the molecule is CCc1ncnc(N2CCC(NC(=O)NC3CCCCC3)CC2)c1F. The first-order valence-corrected chi connectivity index (χ1v) is 9.48. The van der Waals surface area contributed by atoms with E-state index in [1.165, 1.54) is 25.6 Å². The van der Waals surface area contributed by atoms with E-state index in [2.05, 4.69) is 20.6 Å². The van der Waals surface area contributed by atoms with Crippen LogP contribution in [0.2, 0.25) is 0 Å². The summed E-state index contributed by atoms with van der Waals surface area (Å²) in [5.41, 5.74) is 0.456. The van der Waals surface area contributed by atoms with E-state index in [9.17, 15) is 9.18 Å². The molecule has 2 amide bonds. The van der Waals surface area contributed by atoms with Crippen molar-refractivity contribution in [2.24, 2.45) is 0 Å². The molecule has 1 aromatic heterocycles. The number of urea groups is 1. The lowest BCUT2D eigenvalue weighted by Gasteiger charge is -2.33. The van der Waals surface area contributed by atoms with Crippen molar-refractivity contribution >= 4 is 11.8 Å². The Kier molecular flexibility index (Phi) is 6.04. The maximum atomic E-state index is 14.4. The third kappa shape index (κ3) is 4.58. The Bertz CT molecular complexity index is 583. The van der Waals surface area contributed by atoms with Crippen LogP contribution in [0.25, 0.3) is 0 Å². The summed E-state index contributed by atoms with van der Waals surface area (Å²) in [6.07, 6.45) is 9.42. The highest BCUT2D eigenvalue weighted by molar-refractivity contribution is 5.74. The van der Waals surface area contributed by atoms with Crippen molar-refractivity contribution < 1.29 is 9.18 Å². The van der Waals surface area contributed by atoms with Crippen LogP contribution in [-0.2, 0) is 6.42 Å². The number of hydrogen-bond donors (Lipinski definition) is 2. The lowest BCUT2D eigenvalue weighted by atomic mass is 9.96. The van der Waals surface area contributed by atoms with E-state index in [1.807, 2.05) is 11.8 Å². The zero-order valence-corrected chi connectivity index (χ0v) is 14.9. The molecule has 2 heterocycles. The largest absolute Gasteiger partial charge is 0.354 e. The first-order valence-electron chi connectivity index (χ1n) is 9.48. The minimum Gasteiger partial charge on any atom is -0.354 e. The first kappa shape index (κ1) is 17.9. The van der Waals surface area contributed by atoms with Crippen LogP contribution >= 0.6 is 0 Å². The number of nitrogens with zero attached hydrogens (tertiary/aromatic N) is 3. The number of amides is 2. The van der Waals surface area contributed by atoms with Gasteiger partial charge in [0.25, 0.3) is 0 Å². The minimum atomic E-state index is -0.313. The lowest BCUT2D eigenvalue weighted by molar-refractivity contribution is 0.226. The van der Waals surface area contributed by atoms with Crippen molar-refractivity contribution in [3.05, 3.63) is 17.8 Å². The molecule has 0 aromatic carbocycles. The van der Waals surface area contributed by atoms with Gasteiger partial charge in [0.2, 0.25) is 0 Å². The molecule has 1 aliphatic heterocycles. The average Bonchev–Trinajstić information content (AvgIpc) is 2.63. The quantitative estimate of drug-likeness (QED) is 0.877. The topological polar surface area (TPSA) is 70.2 Å². The van der Waals surface area contributed by atoms with Gasteiger partial charge in [-0.3, -0.25) is 0 Å². The third-order valence-electron chi connectivity index (χ3n) is 5.25. The summed E-state index contributed by atoms with van der Waals surface area (Å²) in [5, 5.41) is 6.16. The van der Waals surface area contributed by atoms with Gasteiger partial charge in [-0.15, -0.1) is 0 Å². The monoisotopic (exact) mass is 349 g/mol. The lowest BCUT2D eigenvalue weighted by Crippen LogP contribution is -2.50. The summed E-state index contributed by atoms with van der Waals surface area (Å²) in [6.45, 7) is 3.26. The molecule has 0 atom stereocenters. The summed E-state index contributed by atoms with van der Waals surface area (Å²) in [4.78, 5) is 22.2. The van der Waals surface area contributed by atoms with Crippen LogP contribution in [0.3, 0.4) is 0 Å². The normalized spacial score (nSPS) is 19.7. The van der Waals surface area contributed by atoms with E-state index in [1.54, 1.807) is 0 Å².